The lowest BCUT2D eigenvalue weighted by molar-refractivity contribution is 0.465. The zero-order chi connectivity index (χ0) is 10.8. The van der Waals surface area contributed by atoms with E-state index in [9.17, 15) is 9.50 Å². The third-order valence-electron chi connectivity index (χ3n) is 2.47. The summed E-state index contributed by atoms with van der Waals surface area (Å²) in [5, 5.41) is 12.5. The van der Waals surface area contributed by atoms with Gasteiger partial charge in [-0.1, -0.05) is 0 Å². The zero-order valence-electron chi connectivity index (χ0n) is 8.13. The smallest absolute Gasteiger partial charge is 0.150 e. The first kappa shape index (κ1) is 10.7. The van der Waals surface area contributed by atoms with Crippen LogP contribution >= 0.6 is 15.9 Å². The van der Waals surface area contributed by atoms with E-state index in [4.69, 9.17) is 0 Å². The molecular weight excluding hydrogens is 263 g/mol. The number of nitrogens with zero attached hydrogens (tertiary/aromatic N) is 1. The second-order valence-corrected chi connectivity index (χ2v) is 4.35. The maximum Gasteiger partial charge on any atom is 0.150 e. The predicted molar refractivity (Wildman–Crippen MR) is 60.8 cm³/mol. The van der Waals surface area contributed by atoms with Gasteiger partial charge in [-0.2, -0.15) is 0 Å². The molecule has 1 fully saturated rings. The maximum absolute atomic E-state index is 13.6. The number of hydrogen-bond acceptors (Lipinski definition) is 3. The lowest BCUT2D eigenvalue weighted by Crippen LogP contribution is -2.43. The third-order valence-corrected chi connectivity index (χ3v) is 3.11. The van der Waals surface area contributed by atoms with E-state index >= 15 is 0 Å². The molecule has 0 bridgehead atoms. The summed E-state index contributed by atoms with van der Waals surface area (Å²) in [6.45, 7) is 3.29. The fourth-order valence-electron chi connectivity index (χ4n) is 1.67. The van der Waals surface area contributed by atoms with Crippen LogP contribution in [-0.2, 0) is 0 Å². The fraction of sp³-hybridized carbons (Fsp3) is 0.400. The van der Waals surface area contributed by atoms with Crippen LogP contribution in [0, 0.1) is 5.82 Å². The molecule has 5 heteroatoms. The number of phenols is 1. The molecule has 1 aliphatic heterocycles. The summed E-state index contributed by atoms with van der Waals surface area (Å²) in [4.78, 5) is 1.97. The van der Waals surface area contributed by atoms with Crippen LogP contribution < -0.4 is 10.2 Å². The topological polar surface area (TPSA) is 35.5 Å². The number of rotatable bonds is 1. The van der Waals surface area contributed by atoms with Gasteiger partial charge in [0.25, 0.3) is 0 Å². The van der Waals surface area contributed by atoms with E-state index in [0.29, 0.717) is 10.2 Å². The second kappa shape index (κ2) is 4.37. The third kappa shape index (κ3) is 2.23. The number of phenolic OH excluding ortho intramolecular Hbond substituents is 1. The first-order valence-electron chi connectivity index (χ1n) is 4.82. The van der Waals surface area contributed by atoms with Crippen molar-refractivity contribution in [3.63, 3.8) is 0 Å². The molecule has 0 spiro atoms. The van der Waals surface area contributed by atoms with E-state index in [1.165, 1.54) is 0 Å². The molecule has 3 nitrogen and oxygen atoms in total. The molecule has 1 saturated heterocycles. The van der Waals surface area contributed by atoms with Gasteiger partial charge in [-0.3, -0.25) is 0 Å². The van der Waals surface area contributed by atoms with Crippen molar-refractivity contribution in [1.29, 1.82) is 0 Å². The number of hydrogen-bond donors (Lipinski definition) is 2. The number of anilines is 1. The highest BCUT2D eigenvalue weighted by Gasteiger charge is 2.16. The number of aromatic hydroxyl groups is 1. The molecule has 0 atom stereocenters. The Balaban J connectivity index is 2.30. The zero-order valence-corrected chi connectivity index (χ0v) is 9.72. The predicted octanol–water partition coefficient (Wildman–Crippen LogP) is 1.70. The number of halogens is 2. The monoisotopic (exact) mass is 274 g/mol. The van der Waals surface area contributed by atoms with Gasteiger partial charge in [0.1, 0.15) is 11.6 Å². The highest BCUT2D eigenvalue weighted by atomic mass is 79.9. The Labute approximate surface area is 96.0 Å². The van der Waals surface area contributed by atoms with E-state index in [-0.39, 0.29) is 11.6 Å². The van der Waals surface area contributed by atoms with Crippen LogP contribution in [0.3, 0.4) is 0 Å². The average Bonchev–Trinajstić information content (AvgIpc) is 2.25. The second-order valence-electron chi connectivity index (χ2n) is 3.49. The average molecular weight is 275 g/mol. The van der Waals surface area contributed by atoms with Crippen molar-refractivity contribution in [1.82, 2.24) is 5.32 Å². The Morgan fingerprint density at radius 1 is 1.33 bits per heavy atom. The minimum Gasteiger partial charge on any atom is -0.507 e. The lowest BCUT2D eigenvalue weighted by Gasteiger charge is -2.29. The van der Waals surface area contributed by atoms with Gasteiger partial charge < -0.3 is 15.3 Å². The van der Waals surface area contributed by atoms with Crippen molar-refractivity contribution in [3.8, 4) is 5.75 Å². The maximum atomic E-state index is 13.6. The molecule has 82 valence electrons. The van der Waals surface area contributed by atoms with Crippen molar-refractivity contribution in [2.45, 2.75) is 0 Å². The first-order chi connectivity index (χ1) is 7.18. The Hall–Kier alpha value is -0.810. The lowest BCUT2D eigenvalue weighted by atomic mass is 10.2. The number of nitrogens with one attached hydrogen (secondary N) is 1. The van der Waals surface area contributed by atoms with Crippen molar-refractivity contribution < 1.29 is 9.50 Å². The molecule has 1 heterocycles. The quantitative estimate of drug-likeness (QED) is 0.819. The standard InChI is InChI=1S/C10H12BrFN2O/c11-7-5-9(8(12)6-10(7)15)14-3-1-13-2-4-14/h5-6,13,15H,1-4H2. The summed E-state index contributed by atoms with van der Waals surface area (Å²) < 4.78 is 14.1. The molecule has 0 saturated carbocycles. The molecule has 1 aromatic carbocycles. The summed E-state index contributed by atoms with van der Waals surface area (Å²) in [5.74, 6) is -0.441. The molecule has 2 N–H and O–H groups in total. The van der Waals surface area contributed by atoms with Crippen molar-refractivity contribution in [2.24, 2.45) is 0 Å². The molecule has 0 amide bonds. The minimum atomic E-state index is -0.377. The molecule has 0 radical (unpaired) electrons. The van der Waals surface area contributed by atoms with E-state index in [1.807, 2.05) is 4.90 Å². The minimum absolute atomic E-state index is 0.0635. The fourth-order valence-corrected chi connectivity index (χ4v) is 2.01. The van der Waals surface area contributed by atoms with Gasteiger partial charge in [-0.25, -0.2) is 4.39 Å². The van der Waals surface area contributed by atoms with Crippen LogP contribution in [0.4, 0.5) is 10.1 Å². The molecule has 1 aliphatic rings. The van der Waals surface area contributed by atoms with E-state index in [2.05, 4.69) is 21.2 Å². The molecule has 0 aromatic heterocycles. The summed E-state index contributed by atoms with van der Waals surface area (Å²) in [6.07, 6.45) is 0. The summed E-state index contributed by atoms with van der Waals surface area (Å²) in [5.41, 5.74) is 0.543. The van der Waals surface area contributed by atoms with Crippen LogP contribution in [0.5, 0.6) is 5.75 Å². The number of piperazine rings is 1. The highest BCUT2D eigenvalue weighted by Crippen LogP contribution is 2.31. The van der Waals surface area contributed by atoms with Crippen molar-refractivity contribution in [3.05, 3.63) is 22.4 Å². The highest BCUT2D eigenvalue weighted by molar-refractivity contribution is 9.10. The Morgan fingerprint density at radius 2 is 2.00 bits per heavy atom. The van der Waals surface area contributed by atoms with Crippen molar-refractivity contribution in [2.75, 3.05) is 31.1 Å². The molecule has 15 heavy (non-hydrogen) atoms. The molecular formula is C10H12BrFN2O. The largest absolute Gasteiger partial charge is 0.507 e. The van der Waals surface area contributed by atoms with E-state index in [0.717, 1.165) is 32.2 Å². The SMILES string of the molecule is Oc1cc(F)c(N2CCNCC2)cc1Br. The number of benzene rings is 1. The summed E-state index contributed by atoms with van der Waals surface area (Å²) in [7, 11) is 0. The normalized spacial score (nSPS) is 16.8. The molecule has 0 aliphatic carbocycles. The Morgan fingerprint density at radius 3 is 2.67 bits per heavy atom. The summed E-state index contributed by atoms with van der Waals surface area (Å²) >= 11 is 3.19. The van der Waals surface area contributed by atoms with Gasteiger partial charge in [0, 0.05) is 32.2 Å². The van der Waals surface area contributed by atoms with Gasteiger partial charge in [0.2, 0.25) is 0 Å². The van der Waals surface area contributed by atoms with E-state index < -0.39 is 0 Å². The van der Waals surface area contributed by atoms with E-state index in [1.54, 1.807) is 6.07 Å². The summed E-state index contributed by atoms with van der Waals surface area (Å²) in [6, 6.07) is 2.76. The van der Waals surface area contributed by atoms with Gasteiger partial charge in [-0.15, -0.1) is 0 Å². The Kier molecular flexibility index (Phi) is 3.11. The van der Waals surface area contributed by atoms with Gasteiger partial charge in [-0.05, 0) is 22.0 Å². The molecule has 0 unspecified atom stereocenters. The van der Waals surface area contributed by atoms with Crippen LogP contribution in [0.1, 0.15) is 0 Å². The van der Waals surface area contributed by atoms with Crippen LogP contribution in [0.2, 0.25) is 0 Å². The Bertz CT molecular complexity index is 367. The molecule has 1 aromatic rings. The van der Waals surface area contributed by atoms with Crippen LogP contribution in [0.25, 0.3) is 0 Å². The van der Waals surface area contributed by atoms with Gasteiger partial charge in [0.05, 0.1) is 10.2 Å². The van der Waals surface area contributed by atoms with Crippen LogP contribution in [-0.4, -0.2) is 31.3 Å². The van der Waals surface area contributed by atoms with Gasteiger partial charge >= 0.3 is 0 Å². The molecule has 2 rings (SSSR count). The van der Waals surface area contributed by atoms with Crippen molar-refractivity contribution >= 4 is 21.6 Å². The van der Waals surface area contributed by atoms with Crippen LogP contribution in [0.15, 0.2) is 16.6 Å². The van der Waals surface area contributed by atoms with Gasteiger partial charge in [0.15, 0.2) is 0 Å². The first-order valence-corrected chi connectivity index (χ1v) is 5.61.